The first kappa shape index (κ1) is 5.56. The van der Waals surface area contributed by atoms with Crippen LogP contribution in [0.4, 0.5) is 0 Å². The van der Waals surface area contributed by atoms with Crippen molar-refractivity contribution in [2.75, 3.05) is 6.61 Å². The molecule has 8 heavy (non-hydrogen) atoms. The van der Waals surface area contributed by atoms with Gasteiger partial charge < -0.3 is 10.5 Å². The van der Waals surface area contributed by atoms with Gasteiger partial charge in [0.05, 0.1) is 6.61 Å². The maximum Gasteiger partial charge on any atom is 0.252 e. The summed E-state index contributed by atoms with van der Waals surface area (Å²) in [7, 11) is 0. The Morgan fingerprint density at radius 3 is 2.50 bits per heavy atom. The van der Waals surface area contributed by atoms with Crippen LogP contribution in [0.15, 0.2) is 0 Å². The molecule has 0 bridgehead atoms. The van der Waals surface area contributed by atoms with Crippen molar-refractivity contribution in [3.05, 3.63) is 0 Å². The Labute approximate surface area is 47.8 Å². The Morgan fingerprint density at radius 1 is 2.00 bits per heavy atom. The molecular weight excluding hydrogens is 106 g/mol. The van der Waals surface area contributed by atoms with Crippen molar-refractivity contribution >= 4 is 5.91 Å². The molecule has 1 fully saturated rings. The number of epoxide rings is 1. The fraction of sp³-hybridized carbons (Fsp3) is 0.800. The summed E-state index contributed by atoms with van der Waals surface area (Å²) in [6.45, 7) is 2.40. The molecule has 2 N–H and O–H groups in total. The van der Waals surface area contributed by atoms with Crippen molar-refractivity contribution in [1.82, 2.24) is 0 Å². The first-order valence-corrected chi connectivity index (χ1v) is 2.65. The standard InChI is InChI=1S/C5H9NO2/c1-2-5(3-8-5)4(6)7/h2-3H2,1H3,(H2,6,7)/t5-/m1/s1. The zero-order valence-electron chi connectivity index (χ0n) is 4.81. The van der Waals surface area contributed by atoms with Gasteiger partial charge in [0.1, 0.15) is 0 Å². The Kier molecular flexibility index (Phi) is 1.01. The second kappa shape index (κ2) is 1.45. The monoisotopic (exact) mass is 115 g/mol. The first-order valence-electron chi connectivity index (χ1n) is 2.65. The number of nitrogens with two attached hydrogens (primary N) is 1. The summed E-state index contributed by atoms with van der Waals surface area (Å²) in [4.78, 5) is 10.4. The Morgan fingerprint density at radius 2 is 2.50 bits per heavy atom. The van der Waals surface area contributed by atoms with Gasteiger partial charge in [-0.25, -0.2) is 0 Å². The highest BCUT2D eigenvalue weighted by atomic mass is 16.6. The van der Waals surface area contributed by atoms with Gasteiger partial charge >= 0.3 is 0 Å². The first-order chi connectivity index (χ1) is 3.71. The molecule has 1 saturated heterocycles. The van der Waals surface area contributed by atoms with Gasteiger partial charge in [0.25, 0.3) is 5.91 Å². The molecule has 0 spiro atoms. The average Bonchev–Trinajstić information content (AvgIpc) is 2.44. The van der Waals surface area contributed by atoms with Gasteiger partial charge in [-0.3, -0.25) is 4.79 Å². The van der Waals surface area contributed by atoms with E-state index in [0.717, 1.165) is 0 Å². The summed E-state index contributed by atoms with van der Waals surface area (Å²) in [6, 6.07) is 0. The Bertz CT molecular complexity index is 118. The molecule has 1 heterocycles. The number of primary amides is 1. The number of hydrogen-bond acceptors (Lipinski definition) is 2. The average molecular weight is 115 g/mol. The molecule has 0 saturated carbocycles. The quantitative estimate of drug-likeness (QED) is 0.500. The van der Waals surface area contributed by atoms with E-state index in [1.807, 2.05) is 6.92 Å². The van der Waals surface area contributed by atoms with Crippen LogP contribution in [0.1, 0.15) is 13.3 Å². The van der Waals surface area contributed by atoms with Crippen molar-refractivity contribution in [3.63, 3.8) is 0 Å². The lowest BCUT2D eigenvalue weighted by Crippen LogP contribution is -2.31. The van der Waals surface area contributed by atoms with E-state index in [0.29, 0.717) is 13.0 Å². The predicted octanol–water partition coefficient (Wildman–Crippen LogP) is -0.349. The molecule has 0 aromatic carbocycles. The highest BCUT2D eigenvalue weighted by Gasteiger charge is 2.48. The number of carbonyl (C=O) groups excluding carboxylic acids is 1. The molecule has 1 atom stereocenters. The fourth-order valence-corrected chi connectivity index (χ4v) is 0.608. The van der Waals surface area contributed by atoms with Crippen LogP contribution in [0.3, 0.4) is 0 Å². The van der Waals surface area contributed by atoms with E-state index in [2.05, 4.69) is 0 Å². The van der Waals surface area contributed by atoms with Crippen LogP contribution in [0, 0.1) is 0 Å². The minimum absolute atomic E-state index is 0.333. The van der Waals surface area contributed by atoms with E-state index < -0.39 is 5.60 Å². The van der Waals surface area contributed by atoms with Crippen LogP contribution in [-0.4, -0.2) is 18.1 Å². The van der Waals surface area contributed by atoms with Crippen LogP contribution in [-0.2, 0) is 9.53 Å². The van der Waals surface area contributed by atoms with Crippen molar-refractivity contribution in [2.45, 2.75) is 18.9 Å². The zero-order valence-corrected chi connectivity index (χ0v) is 4.81. The van der Waals surface area contributed by atoms with Gasteiger partial charge in [-0.15, -0.1) is 0 Å². The third-order valence-electron chi connectivity index (χ3n) is 1.51. The van der Waals surface area contributed by atoms with E-state index in [9.17, 15) is 4.79 Å². The number of hydrogen-bond donors (Lipinski definition) is 1. The molecule has 0 aromatic heterocycles. The topological polar surface area (TPSA) is 55.6 Å². The molecule has 1 aliphatic rings. The van der Waals surface area contributed by atoms with E-state index in [-0.39, 0.29) is 5.91 Å². The third-order valence-corrected chi connectivity index (χ3v) is 1.51. The van der Waals surface area contributed by atoms with Gasteiger partial charge in [-0.2, -0.15) is 0 Å². The van der Waals surface area contributed by atoms with Crippen LogP contribution in [0.5, 0.6) is 0 Å². The third kappa shape index (κ3) is 0.591. The summed E-state index contributed by atoms with van der Waals surface area (Å²) in [5.41, 5.74) is 4.41. The van der Waals surface area contributed by atoms with Crippen LogP contribution >= 0.6 is 0 Å². The lowest BCUT2D eigenvalue weighted by Gasteiger charge is -1.99. The van der Waals surface area contributed by atoms with Gasteiger partial charge in [-0.1, -0.05) is 6.92 Å². The second-order valence-corrected chi connectivity index (χ2v) is 2.00. The lowest BCUT2D eigenvalue weighted by molar-refractivity contribution is -0.123. The highest BCUT2D eigenvalue weighted by Crippen LogP contribution is 2.29. The highest BCUT2D eigenvalue weighted by molar-refractivity contribution is 5.85. The number of ether oxygens (including phenoxy) is 1. The normalized spacial score (nSPS) is 34.6. The number of amides is 1. The minimum atomic E-state index is -0.569. The van der Waals surface area contributed by atoms with Crippen molar-refractivity contribution in [3.8, 4) is 0 Å². The van der Waals surface area contributed by atoms with Crippen molar-refractivity contribution in [1.29, 1.82) is 0 Å². The molecule has 3 heteroatoms. The molecule has 0 radical (unpaired) electrons. The van der Waals surface area contributed by atoms with E-state index >= 15 is 0 Å². The summed E-state index contributed by atoms with van der Waals surface area (Å²) in [5, 5.41) is 0. The van der Waals surface area contributed by atoms with E-state index in [4.69, 9.17) is 10.5 Å². The van der Waals surface area contributed by atoms with Gasteiger partial charge in [-0.05, 0) is 6.42 Å². The summed E-state index contributed by atoms with van der Waals surface area (Å²) < 4.78 is 4.83. The number of rotatable bonds is 2. The maximum absolute atomic E-state index is 10.4. The molecule has 0 unspecified atom stereocenters. The number of carbonyl (C=O) groups is 1. The molecule has 1 aliphatic heterocycles. The molecular formula is C5H9NO2. The predicted molar refractivity (Wildman–Crippen MR) is 28.2 cm³/mol. The summed E-state index contributed by atoms with van der Waals surface area (Å²) >= 11 is 0. The van der Waals surface area contributed by atoms with Crippen molar-refractivity contribution < 1.29 is 9.53 Å². The Hall–Kier alpha value is -0.570. The minimum Gasteiger partial charge on any atom is -0.367 e. The van der Waals surface area contributed by atoms with E-state index in [1.54, 1.807) is 0 Å². The second-order valence-electron chi connectivity index (χ2n) is 2.00. The molecule has 0 aliphatic carbocycles. The fourth-order valence-electron chi connectivity index (χ4n) is 0.608. The molecule has 1 rings (SSSR count). The van der Waals surface area contributed by atoms with Gasteiger partial charge in [0.2, 0.25) is 0 Å². The SMILES string of the molecule is CC[C@]1(C(N)=O)CO1. The van der Waals surface area contributed by atoms with Gasteiger partial charge in [0.15, 0.2) is 5.60 Å². The zero-order chi connectivity index (χ0) is 6.20. The molecule has 0 aromatic rings. The van der Waals surface area contributed by atoms with Crippen LogP contribution in [0.25, 0.3) is 0 Å². The molecule has 1 amide bonds. The summed E-state index contributed by atoms with van der Waals surface area (Å²) in [5.74, 6) is -0.333. The lowest BCUT2D eigenvalue weighted by atomic mass is 10.1. The van der Waals surface area contributed by atoms with E-state index in [1.165, 1.54) is 0 Å². The molecule has 3 nitrogen and oxygen atoms in total. The molecule has 46 valence electrons. The largest absolute Gasteiger partial charge is 0.367 e. The maximum atomic E-state index is 10.4. The van der Waals surface area contributed by atoms with Gasteiger partial charge in [0, 0.05) is 0 Å². The smallest absolute Gasteiger partial charge is 0.252 e. The Balaban J connectivity index is 2.53. The van der Waals surface area contributed by atoms with Crippen molar-refractivity contribution in [2.24, 2.45) is 5.73 Å². The summed E-state index contributed by atoms with van der Waals surface area (Å²) in [6.07, 6.45) is 0.697. The van der Waals surface area contributed by atoms with Crippen LogP contribution in [0.2, 0.25) is 0 Å². The van der Waals surface area contributed by atoms with Crippen LogP contribution < -0.4 is 5.73 Å².